The number of methoxy groups -OCH3 is 1. The summed E-state index contributed by atoms with van der Waals surface area (Å²) < 4.78 is 17.6. The Bertz CT molecular complexity index is 391. The standard InChI is InChI=1S/C18H36O4Si/c1-14-9-10-16(15(14)11-19)18(5,21-13-20-6)12-22-23(7,8)17(2,3)4/h11,14-16H,9-10,12-13H2,1-8H3/t14-,15-,16-,18-/m1/s1. The Morgan fingerprint density at radius 1 is 1.17 bits per heavy atom. The molecule has 4 atom stereocenters. The average molecular weight is 345 g/mol. The molecule has 1 saturated carbocycles. The topological polar surface area (TPSA) is 44.8 Å². The third-order valence-electron chi connectivity index (χ3n) is 6.03. The second-order valence-corrected chi connectivity index (χ2v) is 13.6. The van der Waals surface area contributed by atoms with Gasteiger partial charge in [0.05, 0.1) is 12.2 Å². The van der Waals surface area contributed by atoms with E-state index in [0.717, 1.165) is 19.1 Å². The summed E-state index contributed by atoms with van der Waals surface area (Å²) in [6.07, 6.45) is 3.19. The zero-order valence-corrected chi connectivity index (χ0v) is 17.3. The summed E-state index contributed by atoms with van der Waals surface area (Å²) in [4.78, 5) is 11.6. The first kappa shape index (κ1) is 20.8. The van der Waals surface area contributed by atoms with Gasteiger partial charge in [0.25, 0.3) is 0 Å². The van der Waals surface area contributed by atoms with Crippen molar-refractivity contribution >= 4 is 14.6 Å². The van der Waals surface area contributed by atoms with Crippen molar-refractivity contribution in [2.24, 2.45) is 17.8 Å². The summed E-state index contributed by atoms with van der Waals surface area (Å²) >= 11 is 0. The fourth-order valence-corrected chi connectivity index (χ4v) is 4.24. The number of ether oxygens (including phenoxy) is 2. The van der Waals surface area contributed by atoms with Crippen molar-refractivity contribution < 1.29 is 18.7 Å². The highest BCUT2D eigenvalue weighted by atomic mass is 28.4. The van der Waals surface area contributed by atoms with Crippen LogP contribution < -0.4 is 0 Å². The van der Waals surface area contributed by atoms with Crippen molar-refractivity contribution in [3.05, 3.63) is 0 Å². The van der Waals surface area contributed by atoms with Gasteiger partial charge in [0.15, 0.2) is 8.32 Å². The van der Waals surface area contributed by atoms with Crippen LogP contribution in [0.5, 0.6) is 0 Å². The molecular formula is C18H36O4Si. The summed E-state index contributed by atoms with van der Waals surface area (Å²) in [6, 6.07) is 0. The lowest BCUT2D eigenvalue weighted by atomic mass is 9.80. The van der Waals surface area contributed by atoms with Crippen molar-refractivity contribution in [2.45, 2.75) is 71.2 Å². The lowest BCUT2D eigenvalue weighted by Crippen LogP contribution is -2.50. The zero-order valence-electron chi connectivity index (χ0n) is 16.3. The monoisotopic (exact) mass is 344 g/mol. The van der Waals surface area contributed by atoms with Gasteiger partial charge in [0.2, 0.25) is 0 Å². The molecule has 5 heteroatoms. The van der Waals surface area contributed by atoms with Gasteiger partial charge in [0, 0.05) is 13.0 Å². The van der Waals surface area contributed by atoms with E-state index in [1.807, 2.05) is 0 Å². The van der Waals surface area contributed by atoms with Gasteiger partial charge in [-0.2, -0.15) is 0 Å². The highest BCUT2D eigenvalue weighted by Crippen LogP contribution is 2.45. The van der Waals surface area contributed by atoms with E-state index in [1.54, 1.807) is 7.11 Å². The molecule has 1 aliphatic carbocycles. The van der Waals surface area contributed by atoms with Crippen LogP contribution in [0, 0.1) is 17.8 Å². The number of hydrogen-bond donors (Lipinski definition) is 0. The Kier molecular flexibility index (Phi) is 7.03. The maximum absolute atomic E-state index is 11.6. The largest absolute Gasteiger partial charge is 0.414 e. The molecule has 0 aromatic heterocycles. The summed E-state index contributed by atoms with van der Waals surface area (Å²) in [6.45, 7) is 16.2. The van der Waals surface area contributed by atoms with Gasteiger partial charge in [-0.05, 0) is 49.7 Å². The SMILES string of the molecule is COCO[C@](C)(CO[Si](C)(C)C(C)(C)C)[C@@H]1CC[C@@H](C)[C@H]1C=O. The second kappa shape index (κ2) is 7.77. The van der Waals surface area contributed by atoms with Gasteiger partial charge in [0.1, 0.15) is 13.1 Å². The summed E-state index contributed by atoms with van der Waals surface area (Å²) in [5.41, 5.74) is -0.484. The molecule has 0 bridgehead atoms. The highest BCUT2D eigenvalue weighted by molar-refractivity contribution is 6.74. The van der Waals surface area contributed by atoms with Crippen LogP contribution in [-0.2, 0) is 18.7 Å². The Morgan fingerprint density at radius 2 is 1.78 bits per heavy atom. The van der Waals surface area contributed by atoms with Gasteiger partial charge in [-0.3, -0.25) is 0 Å². The van der Waals surface area contributed by atoms with E-state index in [2.05, 4.69) is 47.7 Å². The summed E-state index contributed by atoms with van der Waals surface area (Å²) in [5.74, 6) is 0.644. The molecule has 1 aliphatic rings. The number of carbonyl (C=O) groups excluding carboxylic acids is 1. The first-order valence-corrected chi connectivity index (χ1v) is 11.6. The van der Waals surface area contributed by atoms with E-state index in [1.165, 1.54) is 0 Å². The molecule has 0 aliphatic heterocycles. The quantitative estimate of drug-likeness (QED) is 0.375. The molecule has 0 saturated heterocycles. The summed E-state index contributed by atoms with van der Waals surface area (Å²) in [7, 11) is -0.235. The fraction of sp³-hybridized carbons (Fsp3) is 0.944. The van der Waals surface area contributed by atoms with Crippen LogP contribution in [-0.4, -0.2) is 40.7 Å². The molecule has 1 rings (SSSR count). The van der Waals surface area contributed by atoms with E-state index in [4.69, 9.17) is 13.9 Å². The van der Waals surface area contributed by atoms with Crippen LogP contribution in [0.2, 0.25) is 18.1 Å². The van der Waals surface area contributed by atoms with Crippen molar-refractivity contribution in [3.63, 3.8) is 0 Å². The van der Waals surface area contributed by atoms with Gasteiger partial charge in [-0.1, -0.05) is 27.7 Å². The van der Waals surface area contributed by atoms with Crippen LogP contribution in [0.1, 0.15) is 47.5 Å². The first-order valence-electron chi connectivity index (χ1n) is 8.70. The molecule has 0 aromatic carbocycles. The van der Waals surface area contributed by atoms with Crippen molar-refractivity contribution in [3.8, 4) is 0 Å². The predicted molar refractivity (Wildman–Crippen MR) is 96.0 cm³/mol. The maximum Gasteiger partial charge on any atom is 0.192 e. The molecule has 0 N–H and O–H groups in total. The van der Waals surface area contributed by atoms with Gasteiger partial charge in [-0.25, -0.2) is 0 Å². The van der Waals surface area contributed by atoms with Gasteiger partial charge >= 0.3 is 0 Å². The number of carbonyl (C=O) groups is 1. The normalized spacial score (nSPS) is 28.6. The fourth-order valence-electron chi connectivity index (χ4n) is 3.15. The van der Waals surface area contributed by atoms with Crippen LogP contribution in [0.15, 0.2) is 0 Å². The molecule has 0 spiro atoms. The predicted octanol–water partition coefficient (Wildman–Crippen LogP) is 4.25. The molecule has 0 unspecified atom stereocenters. The minimum Gasteiger partial charge on any atom is -0.414 e. The van der Waals surface area contributed by atoms with E-state index < -0.39 is 13.9 Å². The van der Waals surface area contributed by atoms with E-state index >= 15 is 0 Å². The first-order chi connectivity index (χ1) is 10.5. The number of hydrogen-bond acceptors (Lipinski definition) is 4. The maximum atomic E-state index is 11.6. The van der Waals surface area contributed by atoms with Gasteiger partial charge < -0.3 is 18.7 Å². The Labute approximate surface area is 143 Å². The molecule has 0 heterocycles. The zero-order chi connectivity index (χ0) is 17.9. The molecule has 1 fully saturated rings. The Hall–Kier alpha value is -0.233. The lowest BCUT2D eigenvalue weighted by Gasteiger charge is -2.43. The minimum absolute atomic E-state index is 0.0415. The van der Waals surface area contributed by atoms with Crippen molar-refractivity contribution in [1.82, 2.24) is 0 Å². The average Bonchev–Trinajstić information content (AvgIpc) is 2.83. The number of aldehydes is 1. The second-order valence-electron chi connectivity index (χ2n) is 8.79. The van der Waals surface area contributed by atoms with Crippen LogP contribution in [0.3, 0.4) is 0 Å². The van der Waals surface area contributed by atoms with Crippen LogP contribution >= 0.6 is 0 Å². The van der Waals surface area contributed by atoms with E-state index in [9.17, 15) is 4.79 Å². The van der Waals surface area contributed by atoms with E-state index in [-0.39, 0.29) is 23.7 Å². The van der Waals surface area contributed by atoms with Crippen molar-refractivity contribution in [2.75, 3.05) is 20.5 Å². The molecule has 0 aromatic rings. The molecule has 0 radical (unpaired) electrons. The van der Waals surface area contributed by atoms with Crippen LogP contribution in [0.25, 0.3) is 0 Å². The Morgan fingerprint density at radius 3 is 2.26 bits per heavy atom. The summed E-state index contributed by atoms with van der Waals surface area (Å²) in [5, 5.41) is 0.155. The molecular weight excluding hydrogens is 308 g/mol. The Balaban J connectivity index is 2.92. The minimum atomic E-state index is -1.86. The third kappa shape index (κ3) is 4.88. The van der Waals surface area contributed by atoms with Crippen LogP contribution in [0.4, 0.5) is 0 Å². The number of rotatable bonds is 8. The molecule has 136 valence electrons. The van der Waals surface area contributed by atoms with E-state index in [0.29, 0.717) is 12.5 Å². The molecule has 0 amide bonds. The van der Waals surface area contributed by atoms with Crippen molar-refractivity contribution in [1.29, 1.82) is 0 Å². The van der Waals surface area contributed by atoms with Gasteiger partial charge in [-0.15, -0.1) is 0 Å². The lowest BCUT2D eigenvalue weighted by molar-refractivity contribution is -0.170. The highest BCUT2D eigenvalue weighted by Gasteiger charge is 2.48. The third-order valence-corrected chi connectivity index (χ3v) is 10.5. The molecule has 4 nitrogen and oxygen atoms in total. The molecule has 23 heavy (non-hydrogen) atoms. The smallest absolute Gasteiger partial charge is 0.192 e.